The van der Waals surface area contributed by atoms with Crippen LogP contribution in [-0.4, -0.2) is 65.0 Å². The summed E-state index contributed by atoms with van der Waals surface area (Å²) in [5.74, 6) is 0.674. The summed E-state index contributed by atoms with van der Waals surface area (Å²) in [4.78, 5) is 14.9. The number of amides is 1. The van der Waals surface area contributed by atoms with E-state index in [0.717, 1.165) is 37.6 Å². The Morgan fingerprint density at radius 2 is 2.07 bits per heavy atom. The third-order valence-electron chi connectivity index (χ3n) is 5.30. The van der Waals surface area contributed by atoms with Crippen LogP contribution in [0.15, 0.2) is 29.4 Å². The lowest BCUT2D eigenvalue weighted by Crippen LogP contribution is -2.40. The molecule has 0 saturated carbocycles. The number of benzene rings is 1. The van der Waals surface area contributed by atoms with Crippen molar-refractivity contribution < 1.29 is 13.2 Å². The molecule has 0 bridgehead atoms. The SMILES string of the molecule is CC(Sc1nnc(N2CCCC2)n1-c1cccc(Cl)c1)C(=O)NC1CCS(=O)(=O)C1. The molecule has 162 valence electrons. The smallest absolute Gasteiger partial charge is 0.233 e. The zero-order chi connectivity index (χ0) is 21.3. The van der Waals surface area contributed by atoms with Gasteiger partial charge in [-0.3, -0.25) is 9.36 Å². The molecule has 1 N–H and O–H groups in total. The zero-order valence-electron chi connectivity index (χ0n) is 16.6. The number of rotatable bonds is 6. The highest BCUT2D eigenvalue weighted by molar-refractivity contribution is 8.00. The molecule has 2 saturated heterocycles. The second-order valence-electron chi connectivity index (χ2n) is 7.66. The van der Waals surface area contributed by atoms with Gasteiger partial charge in [-0.25, -0.2) is 8.42 Å². The van der Waals surface area contributed by atoms with Gasteiger partial charge in [0.1, 0.15) is 0 Å². The van der Waals surface area contributed by atoms with E-state index in [4.69, 9.17) is 11.6 Å². The van der Waals surface area contributed by atoms with E-state index in [-0.39, 0.29) is 23.5 Å². The highest BCUT2D eigenvalue weighted by atomic mass is 35.5. The number of thioether (sulfide) groups is 1. The number of carbonyl (C=O) groups excluding carboxylic acids is 1. The van der Waals surface area contributed by atoms with Gasteiger partial charge in [-0.15, -0.1) is 10.2 Å². The van der Waals surface area contributed by atoms with Crippen LogP contribution in [0.2, 0.25) is 5.02 Å². The molecule has 4 rings (SSSR count). The Bertz CT molecular complexity index is 1040. The first-order valence-corrected chi connectivity index (χ1v) is 13.0. The first kappa shape index (κ1) is 21.5. The highest BCUT2D eigenvalue weighted by Crippen LogP contribution is 2.31. The number of nitrogens with one attached hydrogen (secondary N) is 1. The topological polar surface area (TPSA) is 97.2 Å². The van der Waals surface area contributed by atoms with Crippen molar-refractivity contribution in [3.8, 4) is 5.69 Å². The lowest BCUT2D eigenvalue weighted by Gasteiger charge is -2.19. The third kappa shape index (κ3) is 4.76. The van der Waals surface area contributed by atoms with Crippen molar-refractivity contribution in [1.82, 2.24) is 20.1 Å². The fraction of sp³-hybridized carbons (Fsp3) is 0.526. The van der Waals surface area contributed by atoms with Crippen LogP contribution in [0.1, 0.15) is 26.2 Å². The van der Waals surface area contributed by atoms with Crippen molar-refractivity contribution in [3.05, 3.63) is 29.3 Å². The maximum absolute atomic E-state index is 12.7. The van der Waals surface area contributed by atoms with Crippen LogP contribution in [-0.2, 0) is 14.6 Å². The van der Waals surface area contributed by atoms with Crippen LogP contribution in [0.4, 0.5) is 5.95 Å². The van der Waals surface area contributed by atoms with E-state index in [1.807, 2.05) is 28.8 Å². The monoisotopic (exact) mass is 469 g/mol. The molecule has 0 aliphatic carbocycles. The van der Waals surface area contributed by atoms with Gasteiger partial charge < -0.3 is 10.2 Å². The van der Waals surface area contributed by atoms with Crippen molar-refractivity contribution in [2.24, 2.45) is 0 Å². The Labute approximate surface area is 185 Å². The van der Waals surface area contributed by atoms with E-state index >= 15 is 0 Å². The standard InChI is InChI=1S/C19H24ClN5O3S2/c1-13(17(26)21-15-7-10-30(27,28)12-15)29-19-23-22-18(24-8-2-3-9-24)25(19)16-6-4-5-14(20)11-16/h4-6,11,13,15H,2-3,7-10,12H2,1H3,(H,21,26). The van der Waals surface area contributed by atoms with Gasteiger partial charge in [-0.2, -0.15) is 0 Å². The number of carbonyl (C=O) groups is 1. The molecule has 3 heterocycles. The van der Waals surface area contributed by atoms with E-state index in [1.54, 1.807) is 6.92 Å². The summed E-state index contributed by atoms with van der Waals surface area (Å²) in [7, 11) is -3.04. The molecule has 2 aromatic rings. The number of sulfone groups is 1. The predicted octanol–water partition coefficient (Wildman–Crippen LogP) is 2.30. The van der Waals surface area contributed by atoms with Crippen LogP contribution >= 0.6 is 23.4 Å². The second-order valence-corrected chi connectivity index (χ2v) is 11.6. The zero-order valence-corrected chi connectivity index (χ0v) is 19.0. The molecule has 1 aromatic heterocycles. The van der Waals surface area contributed by atoms with Gasteiger partial charge in [-0.1, -0.05) is 29.4 Å². The van der Waals surface area contributed by atoms with Gasteiger partial charge >= 0.3 is 0 Å². The Kier molecular flexibility index (Phi) is 6.26. The fourth-order valence-corrected chi connectivity index (χ4v) is 6.47. The molecule has 2 aliphatic heterocycles. The van der Waals surface area contributed by atoms with Gasteiger partial charge in [0.25, 0.3) is 0 Å². The number of anilines is 1. The number of halogens is 1. The Balaban J connectivity index is 1.55. The average Bonchev–Trinajstić information content (AvgIpc) is 3.41. The summed E-state index contributed by atoms with van der Waals surface area (Å²) in [5.41, 5.74) is 0.839. The second kappa shape index (κ2) is 8.76. The Hall–Kier alpha value is -1.78. The highest BCUT2D eigenvalue weighted by Gasteiger charge is 2.31. The first-order valence-electron chi connectivity index (χ1n) is 9.96. The molecule has 11 heteroatoms. The molecule has 2 atom stereocenters. The van der Waals surface area contributed by atoms with Crippen LogP contribution in [0.3, 0.4) is 0 Å². The normalized spacial score (nSPS) is 21.7. The van der Waals surface area contributed by atoms with Crippen molar-refractivity contribution in [3.63, 3.8) is 0 Å². The summed E-state index contributed by atoms with van der Waals surface area (Å²) in [6, 6.07) is 7.15. The minimum atomic E-state index is -3.04. The summed E-state index contributed by atoms with van der Waals surface area (Å²) >= 11 is 7.51. The molecule has 0 radical (unpaired) electrons. The lowest BCUT2D eigenvalue weighted by molar-refractivity contribution is -0.120. The van der Waals surface area contributed by atoms with Crippen LogP contribution in [0, 0.1) is 0 Å². The number of hydrogen-bond acceptors (Lipinski definition) is 7. The summed E-state index contributed by atoms with van der Waals surface area (Å²) in [6.07, 6.45) is 2.67. The third-order valence-corrected chi connectivity index (χ3v) is 8.35. The van der Waals surface area contributed by atoms with Gasteiger partial charge in [0, 0.05) is 24.2 Å². The molecule has 1 amide bonds. The number of hydrogen-bond donors (Lipinski definition) is 1. The van der Waals surface area contributed by atoms with E-state index in [0.29, 0.717) is 16.6 Å². The van der Waals surface area contributed by atoms with E-state index in [2.05, 4.69) is 20.4 Å². The summed E-state index contributed by atoms with van der Waals surface area (Å²) in [5, 5.41) is 12.4. The minimum Gasteiger partial charge on any atom is -0.351 e. The predicted molar refractivity (Wildman–Crippen MR) is 118 cm³/mol. The molecule has 2 aliphatic rings. The van der Waals surface area contributed by atoms with Crippen LogP contribution in [0.5, 0.6) is 0 Å². The molecular formula is C19H24ClN5O3S2. The molecule has 2 fully saturated rings. The van der Waals surface area contributed by atoms with Crippen LogP contribution in [0.25, 0.3) is 5.69 Å². The quantitative estimate of drug-likeness (QED) is 0.648. The molecule has 0 spiro atoms. The molecular weight excluding hydrogens is 446 g/mol. The average molecular weight is 470 g/mol. The summed E-state index contributed by atoms with van der Waals surface area (Å²) in [6.45, 7) is 3.61. The van der Waals surface area contributed by atoms with Crippen molar-refractivity contribution in [1.29, 1.82) is 0 Å². The van der Waals surface area contributed by atoms with E-state index < -0.39 is 15.1 Å². The fourth-order valence-electron chi connectivity index (χ4n) is 3.74. The largest absolute Gasteiger partial charge is 0.351 e. The first-order chi connectivity index (χ1) is 14.3. The maximum Gasteiger partial charge on any atom is 0.233 e. The molecule has 8 nitrogen and oxygen atoms in total. The summed E-state index contributed by atoms with van der Waals surface area (Å²) < 4.78 is 25.2. The number of aromatic nitrogens is 3. The molecule has 30 heavy (non-hydrogen) atoms. The minimum absolute atomic E-state index is 0.00787. The molecule has 1 aromatic carbocycles. The van der Waals surface area contributed by atoms with Gasteiger partial charge in [0.15, 0.2) is 15.0 Å². The van der Waals surface area contributed by atoms with E-state index in [9.17, 15) is 13.2 Å². The molecule has 2 unspecified atom stereocenters. The number of nitrogens with zero attached hydrogens (tertiary/aromatic N) is 4. The van der Waals surface area contributed by atoms with E-state index in [1.165, 1.54) is 11.8 Å². The van der Waals surface area contributed by atoms with Crippen molar-refractivity contribution in [2.75, 3.05) is 29.5 Å². The van der Waals surface area contributed by atoms with Crippen LogP contribution < -0.4 is 10.2 Å². The Morgan fingerprint density at radius 1 is 1.30 bits per heavy atom. The van der Waals surface area contributed by atoms with Gasteiger partial charge in [-0.05, 0) is 44.4 Å². The van der Waals surface area contributed by atoms with Crippen molar-refractivity contribution >= 4 is 45.1 Å². The van der Waals surface area contributed by atoms with Crippen molar-refractivity contribution in [2.45, 2.75) is 42.6 Å². The van der Waals surface area contributed by atoms with Gasteiger partial charge in [0.2, 0.25) is 11.9 Å². The maximum atomic E-state index is 12.7. The Morgan fingerprint density at radius 3 is 2.73 bits per heavy atom. The van der Waals surface area contributed by atoms with Gasteiger partial charge in [0.05, 0.1) is 22.4 Å². The lowest BCUT2D eigenvalue weighted by atomic mass is 10.2.